The number of halogens is 1. The lowest BCUT2D eigenvalue weighted by Crippen LogP contribution is -2.57. The number of nitrogens with one attached hydrogen (secondary N) is 1. The first kappa shape index (κ1) is 18.2. The summed E-state index contributed by atoms with van der Waals surface area (Å²) in [7, 11) is 0. The average Bonchev–Trinajstić information content (AvgIpc) is 3.01. The molecule has 6 nitrogen and oxygen atoms in total. The summed E-state index contributed by atoms with van der Waals surface area (Å²) >= 11 is 1.52. The van der Waals surface area contributed by atoms with Gasteiger partial charge in [0.25, 0.3) is 5.91 Å². The number of carbonyl (C=O) groups excluding carboxylic acids is 2. The standard InChI is InChI=1S/C15H21N3O3S.ClH/c1-11-2-3-13(22-11)15(20)18-7-5-17(6-8-18)14(19)12-10-21-9-4-16-12;/h2-3,12,16H,4-10H2,1H3;1H. The smallest absolute Gasteiger partial charge is 0.264 e. The van der Waals surface area contributed by atoms with Crippen LogP contribution in [-0.4, -0.2) is 73.6 Å². The van der Waals surface area contributed by atoms with Crippen LogP contribution in [0.1, 0.15) is 14.5 Å². The molecule has 1 aromatic heterocycles. The molecule has 0 saturated carbocycles. The number of piperazine rings is 1. The van der Waals surface area contributed by atoms with Gasteiger partial charge < -0.3 is 19.9 Å². The Kier molecular flexibility index (Phi) is 6.41. The average molecular weight is 360 g/mol. The van der Waals surface area contributed by atoms with Crippen molar-refractivity contribution in [3.63, 3.8) is 0 Å². The molecule has 0 spiro atoms. The molecule has 2 fully saturated rings. The number of ether oxygens (including phenoxy) is 1. The number of morpholine rings is 1. The van der Waals surface area contributed by atoms with Gasteiger partial charge in [0.05, 0.1) is 18.1 Å². The fourth-order valence-corrected chi connectivity index (χ4v) is 3.62. The third-order valence-electron chi connectivity index (χ3n) is 4.05. The molecule has 0 aromatic carbocycles. The van der Waals surface area contributed by atoms with Gasteiger partial charge in [0, 0.05) is 37.6 Å². The Morgan fingerprint density at radius 1 is 1.22 bits per heavy atom. The number of nitrogens with zero attached hydrogens (tertiary/aromatic N) is 2. The van der Waals surface area contributed by atoms with Crippen LogP contribution in [0.4, 0.5) is 0 Å². The van der Waals surface area contributed by atoms with E-state index in [2.05, 4.69) is 5.32 Å². The van der Waals surface area contributed by atoms with Crippen LogP contribution in [0.25, 0.3) is 0 Å². The molecule has 2 aliphatic rings. The topological polar surface area (TPSA) is 61.9 Å². The first-order valence-corrected chi connectivity index (χ1v) is 8.42. The maximum atomic E-state index is 12.4. The summed E-state index contributed by atoms with van der Waals surface area (Å²) in [5.41, 5.74) is 0. The molecular formula is C15H22ClN3O3S. The third-order valence-corrected chi connectivity index (χ3v) is 5.04. The van der Waals surface area contributed by atoms with Gasteiger partial charge in [-0.25, -0.2) is 0 Å². The van der Waals surface area contributed by atoms with Crippen LogP contribution in [-0.2, 0) is 9.53 Å². The van der Waals surface area contributed by atoms with Crippen LogP contribution in [0.5, 0.6) is 0 Å². The van der Waals surface area contributed by atoms with Crippen molar-refractivity contribution in [3.8, 4) is 0 Å². The monoisotopic (exact) mass is 359 g/mol. The van der Waals surface area contributed by atoms with Crippen LogP contribution in [0.15, 0.2) is 12.1 Å². The van der Waals surface area contributed by atoms with Crippen molar-refractivity contribution in [2.24, 2.45) is 0 Å². The predicted molar refractivity (Wildman–Crippen MR) is 91.4 cm³/mol. The lowest BCUT2D eigenvalue weighted by molar-refractivity contribution is -0.137. The fraction of sp³-hybridized carbons (Fsp3) is 0.600. The normalized spacial score (nSPS) is 21.7. The Hall–Kier alpha value is -1.15. The SMILES string of the molecule is Cc1ccc(C(=O)N2CCN(C(=O)C3COCCN3)CC2)s1.Cl. The van der Waals surface area contributed by atoms with Crippen molar-refractivity contribution in [1.82, 2.24) is 15.1 Å². The molecule has 0 bridgehead atoms. The van der Waals surface area contributed by atoms with E-state index in [4.69, 9.17) is 4.74 Å². The van der Waals surface area contributed by atoms with Crippen molar-refractivity contribution in [2.45, 2.75) is 13.0 Å². The molecule has 8 heteroatoms. The maximum Gasteiger partial charge on any atom is 0.264 e. The number of rotatable bonds is 2. The molecular weight excluding hydrogens is 338 g/mol. The molecule has 0 aliphatic carbocycles. The molecule has 1 atom stereocenters. The number of carbonyl (C=O) groups is 2. The van der Waals surface area contributed by atoms with Gasteiger partial charge in [-0.05, 0) is 19.1 Å². The summed E-state index contributed by atoms with van der Waals surface area (Å²) in [4.78, 5) is 30.4. The molecule has 2 amide bonds. The quantitative estimate of drug-likeness (QED) is 0.846. The van der Waals surface area contributed by atoms with Crippen molar-refractivity contribution >= 4 is 35.6 Å². The Balaban J connectivity index is 0.00000192. The number of hydrogen-bond donors (Lipinski definition) is 1. The first-order valence-electron chi connectivity index (χ1n) is 7.61. The van der Waals surface area contributed by atoms with Gasteiger partial charge in [-0.3, -0.25) is 9.59 Å². The van der Waals surface area contributed by atoms with E-state index >= 15 is 0 Å². The summed E-state index contributed by atoms with van der Waals surface area (Å²) in [5.74, 6) is 0.156. The largest absolute Gasteiger partial charge is 0.378 e. The third kappa shape index (κ3) is 4.23. The van der Waals surface area contributed by atoms with Crippen molar-refractivity contribution < 1.29 is 14.3 Å². The number of aryl methyl sites for hydroxylation is 1. The van der Waals surface area contributed by atoms with Crippen molar-refractivity contribution in [3.05, 3.63) is 21.9 Å². The molecule has 23 heavy (non-hydrogen) atoms. The van der Waals surface area contributed by atoms with Crippen molar-refractivity contribution in [1.29, 1.82) is 0 Å². The van der Waals surface area contributed by atoms with Gasteiger partial charge in [0.15, 0.2) is 0 Å². The summed E-state index contributed by atoms with van der Waals surface area (Å²) in [6, 6.07) is 3.60. The van der Waals surface area contributed by atoms with E-state index < -0.39 is 0 Å². The molecule has 3 heterocycles. The molecule has 1 N–H and O–H groups in total. The Morgan fingerprint density at radius 2 is 1.91 bits per heavy atom. The number of amides is 2. The Morgan fingerprint density at radius 3 is 2.48 bits per heavy atom. The summed E-state index contributed by atoms with van der Waals surface area (Å²) < 4.78 is 5.34. The summed E-state index contributed by atoms with van der Waals surface area (Å²) in [5, 5.41) is 3.18. The lowest BCUT2D eigenvalue weighted by Gasteiger charge is -2.37. The molecule has 3 rings (SSSR count). The van der Waals surface area contributed by atoms with Crippen LogP contribution < -0.4 is 5.32 Å². The second-order valence-electron chi connectivity index (χ2n) is 5.61. The summed E-state index contributed by atoms with van der Waals surface area (Å²) in [6.07, 6.45) is 0. The number of thiophene rings is 1. The minimum atomic E-state index is -0.240. The Labute approximate surface area is 146 Å². The van der Waals surface area contributed by atoms with Crippen molar-refractivity contribution in [2.75, 3.05) is 45.9 Å². The van der Waals surface area contributed by atoms with Gasteiger partial charge in [-0.2, -0.15) is 0 Å². The van der Waals surface area contributed by atoms with Crippen LogP contribution in [0.2, 0.25) is 0 Å². The van der Waals surface area contributed by atoms with Crippen LogP contribution >= 0.6 is 23.7 Å². The van der Waals surface area contributed by atoms with E-state index in [1.807, 2.05) is 28.9 Å². The van der Waals surface area contributed by atoms with Crippen LogP contribution in [0.3, 0.4) is 0 Å². The van der Waals surface area contributed by atoms with E-state index in [1.54, 1.807) is 0 Å². The summed E-state index contributed by atoms with van der Waals surface area (Å²) in [6.45, 7) is 6.17. The maximum absolute atomic E-state index is 12.4. The van der Waals surface area contributed by atoms with Crippen LogP contribution in [0, 0.1) is 6.92 Å². The van der Waals surface area contributed by atoms with E-state index in [1.165, 1.54) is 11.3 Å². The predicted octanol–water partition coefficient (Wildman–Crippen LogP) is 0.751. The molecule has 2 aliphatic heterocycles. The second kappa shape index (κ2) is 8.10. The highest BCUT2D eigenvalue weighted by molar-refractivity contribution is 7.13. The van der Waals surface area contributed by atoms with E-state index in [0.29, 0.717) is 45.9 Å². The fourth-order valence-electron chi connectivity index (χ4n) is 2.78. The van der Waals surface area contributed by atoms with E-state index in [-0.39, 0.29) is 30.3 Å². The number of hydrogen-bond acceptors (Lipinski definition) is 5. The van der Waals surface area contributed by atoms with E-state index in [9.17, 15) is 9.59 Å². The zero-order valence-corrected chi connectivity index (χ0v) is 14.8. The highest BCUT2D eigenvalue weighted by Crippen LogP contribution is 2.18. The zero-order chi connectivity index (χ0) is 15.5. The molecule has 128 valence electrons. The van der Waals surface area contributed by atoms with Gasteiger partial charge in [-0.1, -0.05) is 0 Å². The minimum Gasteiger partial charge on any atom is -0.378 e. The molecule has 2 saturated heterocycles. The lowest BCUT2D eigenvalue weighted by atomic mass is 10.2. The van der Waals surface area contributed by atoms with Gasteiger partial charge in [0.1, 0.15) is 6.04 Å². The second-order valence-corrected chi connectivity index (χ2v) is 6.90. The molecule has 0 radical (unpaired) electrons. The molecule has 1 aromatic rings. The van der Waals surface area contributed by atoms with E-state index in [0.717, 1.165) is 9.75 Å². The highest BCUT2D eigenvalue weighted by atomic mass is 35.5. The first-order chi connectivity index (χ1) is 10.6. The Bertz CT molecular complexity index is 552. The minimum absolute atomic E-state index is 0. The zero-order valence-electron chi connectivity index (χ0n) is 13.1. The molecule has 1 unspecified atom stereocenters. The van der Waals surface area contributed by atoms with Gasteiger partial charge >= 0.3 is 0 Å². The van der Waals surface area contributed by atoms with Gasteiger partial charge in [0.2, 0.25) is 5.91 Å². The highest BCUT2D eigenvalue weighted by Gasteiger charge is 2.30. The van der Waals surface area contributed by atoms with Gasteiger partial charge in [-0.15, -0.1) is 23.7 Å².